The van der Waals surface area contributed by atoms with E-state index in [0.29, 0.717) is 13.1 Å². The van der Waals surface area contributed by atoms with Crippen LogP contribution in [-0.2, 0) is 6.42 Å². The van der Waals surface area contributed by atoms with Gasteiger partial charge < -0.3 is 9.64 Å². The van der Waals surface area contributed by atoms with E-state index >= 15 is 0 Å². The zero-order valence-electron chi connectivity index (χ0n) is 20.1. The highest BCUT2D eigenvalue weighted by Gasteiger charge is 2.37. The number of rotatable bonds is 5. The number of amidine groups is 1. The quantitative estimate of drug-likeness (QED) is 0.428. The van der Waals surface area contributed by atoms with Gasteiger partial charge in [0.2, 0.25) is 0 Å². The number of ether oxygens (including phenoxy) is 1. The summed E-state index contributed by atoms with van der Waals surface area (Å²) in [5.74, 6) is 1.83. The normalized spacial score (nSPS) is 18.2. The van der Waals surface area contributed by atoms with Gasteiger partial charge in [-0.1, -0.05) is 17.8 Å². The summed E-state index contributed by atoms with van der Waals surface area (Å²) in [7, 11) is 1.68. The molecule has 0 aromatic heterocycles. The second-order valence-corrected chi connectivity index (χ2v) is 10.2. The molecule has 0 N–H and O–H groups in total. The lowest BCUT2D eigenvalue weighted by molar-refractivity contribution is 0.226. The summed E-state index contributed by atoms with van der Waals surface area (Å²) in [6.07, 6.45) is 2.07. The van der Waals surface area contributed by atoms with E-state index < -0.39 is 0 Å². The predicted octanol–water partition coefficient (Wildman–Crippen LogP) is 5.59. The Morgan fingerprint density at radius 3 is 2.61 bits per heavy atom. The monoisotopic (exact) mass is 464 g/mol. The molecule has 0 fully saturated rings. The number of aryl methyl sites for hydroxylation is 1. The Morgan fingerprint density at radius 2 is 1.94 bits per heavy atom. The SMILES string of the molecule is CCN=C(c1ccc(OC)cc1)N1CCCc2cc(C3=NN(CC)C(=O)SC3(C)C)ccc21. The van der Waals surface area contributed by atoms with Crippen molar-refractivity contribution in [3.05, 3.63) is 59.2 Å². The molecule has 2 aromatic rings. The lowest BCUT2D eigenvalue weighted by atomic mass is 9.93. The number of hydrogen-bond donors (Lipinski definition) is 0. The molecule has 1 amide bonds. The van der Waals surface area contributed by atoms with Crippen molar-refractivity contribution < 1.29 is 9.53 Å². The Bertz CT molecular complexity index is 1090. The van der Waals surface area contributed by atoms with Crippen LogP contribution in [0.1, 0.15) is 50.8 Å². The summed E-state index contributed by atoms with van der Waals surface area (Å²) in [5, 5.41) is 6.30. The van der Waals surface area contributed by atoms with Gasteiger partial charge in [-0.3, -0.25) is 9.79 Å². The first-order valence-corrected chi connectivity index (χ1v) is 12.4. The van der Waals surface area contributed by atoms with Gasteiger partial charge in [-0.25, -0.2) is 5.01 Å². The summed E-state index contributed by atoms with van der Waals surface area (Å²) in [6, 6.07) is 14.7. The third-order valence-corrected chi connectivity index (χ3v) is 7.12. The molecule has 2 aliphatic rings. The smallest absolute Gasteiger partial charge is 0.302 e. The number of fused-ring (bicyclic) bond motifs is 1. The number of hydrazone groups is 1. The average molecular weight is 465 g/mol. The summed E-state index contributed by atoms with van der Waals surface area (Å²) in [4.78, 5) is 19.6. The molecular formula is C26H32N4O2S. The molecule has 2 heterocycles. The second kappa shape index (κ2) is 9.59. The molecule has 0 aliphatic carbocycles. The molecular weight excluding hydrogens is 432 g/mol. The number of methoxy groups -OCH3 is 1. The molecule has 2 aliphatic heterocycles. The molecule has 2 aromatic carbocycles. The van der Waals surface area contributed by atoms with Crippen molar-refractivity contribution in [1.82, 2.24) is 5.01 Å². The lowest BCUT2D eigenvalue weighted by Gasteiger charge is -2.35. The summed E-state index contributed by atoms with van der Waals surface area (Å²) < 4.78 is 4.96. The van der Waals surface area contributed by atoms with E-state index in [2.05, 4.69) is 56.0 Å². The molecule has 4 rings (SSSR count). The Hall–Kier alpha value is -2.80. The fourth-order valence-corrected chi connectivity index (χ4v) is 5.36. The number of thioether (sulfide) groups is 1. The van der Waals surface area contributed by atoms with E-state index in [1.165, 1.54) is 23.0 Å². The number of aliphatic imine (C=N–C) groups is 1. The summed E-state index contributed by atoms with van der Waals surface area (Å²) in [5.41, 5.74) is 5.60. The second-order valence-electron chi connectivity index (χ2n) is 8.67. The summed E-state index contributed by atoms with van der Waals surface area (Å²) in [6.45, 7) is 10.4. The van der Waals surface area contributed by atoms with Crippen molar-refractivity contribution in [1.29, 1.82) is 0 Å². The molecule has 7 heteroatoms. The first-order chi connectivity index (χ1) is 15.9. The van der Waals surface area contributed by atoms with E-state index in [9.17, 15) is 4.79 Å². The maximum atomic E-state index is 12.4. The fourth-order valence-electron chi connectivity index (χ4n) is 4.39. The Morgan fingerprint density at radius 1 is 1.18 bits per heavy atom. The molecule has 0 spiro atoms. The Kier molecular flexibility index (Phi) is 6.79. The van der Waals surface area contributed by atoms with E-state index in [0.717, 1.165) is 47.8 Å². The molecule has 6 nitrogen and oxygen atoms in total. The zero-order valence-corrected chi connectivity index (χ0v) is 20.9. The largest absolute Gasteiger partial charge is 0.497 e. The minimum Gasteiger partial charge on any atom is -0.497 e. The first-order valence-electron chi connectivity index (χ1n) is 11.6. The van der Waals surface area contributed by atoms with Crippen LogP contribution >= 0.6 is 11.8 Å². The van der Waals surface area contributed by atoms with Crippen LogP contribution in [0.4, 0.5) is 10.5 Å². The van der Waals surface area contributed by atoms with Crippen LogP contribution in [0.2, 0.25) is 0 Å². The lowest BCUT2D eigenvalue weighted by Crippen LogP contribution is -2.41. The van der Waals surface area contributed by atoms with Crippen LogP contribution in [0.5, 0.6) is 5.75 Å². The van der Waals surface area contributed by atoms with Gasteiger partial charge in [0, 0.05) is 30.9 Å². The van der Waals surface area contributed by atoms with Gasteiger partial charge in [-0.2, -0.15) is 5.10 Å². The van der Waals surface area contributed by atoms with Crippen LogP contribution in [0.15, 0.2) is 52.6 Å². The molecule has 0 saturated heterocycles. The van der Waals surface area contributed by atoms with Gasteiger partial charge in [0.05, 0.1) is 17.6 Å². The highest BCUT2D eigenvalue weighted by molar-refractivity contribution is 8.15. The van der Waals surface area contributed by atoms with E-state index in [-0.39, 0.29) is 9.99 Å². The highest BCUT2D eigenvalue weighted by Crippen LogP contribution is 2.37. The minimum atomic E-state index is -0.372. The third-order valence-electron chi connectivity index (χ3n) is 6.03. The van der Waals surface area contributed by atoms with Gasteiger partial charge in [-0.05, 0) is 88.1 Å². The number of amides is 1. The van der Waals surface area contributed by atoms with Crippen molar-refractivity contribution in [3.63, 3.8) is 0 Å². The molecule has 0 radical (unpaired) electrons. The standard InChI is InChI=1S/C26H32N4O2S/c1-6-27-24(18-10-13-21(32-5)14-11-18)29-16-8-9-19-17-20(12-15-22(19)29)23-26(3,4)33-25(31)30(7-2)28-23/h10-15,17H,6-9,16H2,1-5H3. The van der Waals surface area contributed by atoms with Gasteiger partial charge >= 0.3 is 5.24 Å². The van der Waals surface area contributed by atoms with Crippen LogP contribution < -0.4 is 9.64 Å². The number of nitrogens with zero attached hydrogens (tertiary/aromatic N) is 4. The van der Waals surface area contributed by atoms with Crippen molar-refractivity contribution >= 4 is 34.2 Å². The number of benzene rings is 2. The summed E-state index contributed by atoms with van der Waals surface area (Å²) >= 11 is 1.35. The predicted molar refractivity (Wildman–Crippen MR) is 138 cm³/mol. The van der Waals surface area contributed by atoms with Gasteiger partial charge in [0.15, 0.2) is 0 Å². The third kappa shape index (κ3) is 4.64. The topological polar surface area (TPSA) is 57.5 Å². The highest BCUT2D eigenvalue weighted by atomic mass is 32.2. The van der Waals surface area contributed by atoms with Crippen LogP contribution in [0, 0.1) is 0 Å². The average Bonchev–Trinajstić information content (AvgIpc) is 2.81. The molecule has 33 heavy (non-hydrogen) atoms. The molecule has 0 unspecified atom stereocenters. The van der Waals surface area contributed by atoms with Crippen LogP contribution in [0.25, 0.3) is 0 Å². The number of anilines is 1. The van der Waals surface area contributed by atoms with Crippen LogP contribution in [0.3, 0.4) is 0 Å². The van der Waals surface area contributed by atoms with Gasteiger partial charge in [0.25, 0.3) is 0 Å². The van der Waals surface area contributed by atoms with Crippen molar-refractivity contribution in [2.24, 2.45) is 10.1 Å². The molecule has 0 atom stereocenters. The molecule has 174 valence electrons. The van der Waals surface area contributed by atoms with E-state index in [1.807, 2.05) is 19.1 Å². The maximum absolute atomic E-state index is 12.4. The zero-order chi connectivity index (χ0) is 23.6. The number of carbonyl (C=O) groups excluding carboxylic acids is 1. The minimum absolute atomic E-state index is 0.00953. The van der Waals surface area contributed by atoms with E-state index in [4.69, 9.17) is 14.8 Å². The Balaban J connectivity index is 1.72. The first kappa shape index (κ1) is 23.4. The van der Waals surface area contributed by atoms with Gasteiger partial charge in [-0.15, -0.1) is 0 Å². The number of carbonyl (C=O) groups is 1. The van der Waals surface area contributed by atoms with Gasteiger partial charge in [0.1, 0.15) is 11.6 Å². The molecule has 0 saturated carbocycles. The van der Waals surface area contributed by atoms with Crippen molar-refractivity contribution in [2.45, 2.75) is 45.3 Å². The Labute approximate surface area is 200 Å². The van der Waals surface area contributed by atoms with Crippen molar-refractivity contribution in [3.8, 4) is 5.75 Å². The molecule has 0 bridgehead atoms. The van der Waals surface area contributed by atoms with E-state index in [1.54, 1.807) is 12.1 Å². The van der Waals surface area contributed by atoms with Crippen molar-refractivity contribution in [2.75, 3.05) is 31.6 Å². The maximum Gasteiger partial charge on any atom is 0.302 e. The fraction of sp³-hybridized carbons (Fsp3) is 0.423. The van der Waals surface area contributed by atoms with Crippen LogP contribution in [-0.4, -0.2) is 53.3 Å². The number of hydrogen-bond acceptors (Lipinski definition) is 5.